The molecule has 0 fully saturated rings. The van der Waals surface area contributed by atoms with Crippen molar-refractivity contribution in [2.75, 3.05) is 0 Å². The van der Waals surface area contributed by atoms with Gasteiger partial charge in [0.25, 0.3) is 0 Å². The molecule has 1 nitrogen and oxygen atoms in total. The van der Waals surface area contributed by atoms with Gasteiger partial charge in [0, 0.05) is 6.21 Å². The van der Waals surface area contributed by atoms with E-state index in [0.717, 1.165) is 12.1 Å². The van der Waals surface area contributed by atoms with Gasteiger partial charge in [0.05, 0.1) is 5.69 Å². The average Bonchev–Trinajstić information content (AvgIpc) is 2.17. The normalized spacial score (nSPS) is 11.5. The second-order valence-electron chi connectivity index (χ2n) is 2.76. The van der Waals surface area contributed by atoms with Crippen LogP contribution in [-0.2, 0) is 0 Å². The van der Waals surface area contributed by atoms with E-state index in [1.807, 2.05) is 31.3 Å². The van der Waals surface area contributed by atoms with Gasteiger partial charge in [0.15, 0.2) is 0 Å². The summed E-state index contributed by atoms with van der Waals surface area (Å²) in [5.41, 5.74) is 2.22. The first-order valence-corrected chi connectivity index (χ1v) is 4.62. The van der Waals surface area contributed by atoms with Crippen LogP contribution in [0.4, 0.5) is 5.69 Å². The molecule has 0 amide bonds. The van der Waals surface area contributed by atoms with Gasteiger partial charge in [-0.05, 0) is 25.0 Å². The second kappa shape index (κ2) is 5.31. The summed E-state index contributed by atoms with van der Waals surface area (Å²) in [6.07, 6.45) is 7.13. The van der Waals surface area contributed by atoms with Crippen LogP contribution in [-0.4, -0.2) is 6.21 Å². The molecule has 1 rings (SSSR count). The number of aliphatic imine (C=N–C) groups is 1. The molecule has 0 bridgehead atoms. The highest BCUT2D eigenvalue weighted by Gasteiger charge is 1.93. The summed E-state index contributed by atoms with van der Waals surface area (Å²) in [6.45, 7) is 4.06. The summed E-state index contributed by atoms with van der Waals surface area (Å²) in [5, 5.41) is 0. The van der Waals surface area contributed by atoms with Crippen molar-refractivity contribution in [3.8, 4) is 0 Å². The summed E-state index contributed by atoms with van der Waals surface area (Å²) in [6, 6.07) is 8.14. The lowest BCUT2D eigenvalue weighted by atomic mass is 10.1. The van der Waals surface area contributed by atoms with E-state index in [1.165, 1.54) is 5.56 Å². The summed E-state index contributed by atoms with van der Waals surface area (Å²) in [7, 11) is 0. The minimum atomic E-state index is 1.04. The van der Waals surface area contributed by atoms with Gasteiger partial charge in [-0.3, -0.25) is 4.99 Å². The molecule has 1 aromatic rings. The van der Waals surface area contributed by atoms with Gasteiger partial charge in [0.1, 0.15) is 0 Å². The Morgan fingerprint density at radius 1 is 1.31 bits per heavy atom. The average molecular weight is 173 g/mol. The molecule has 0 atom stereocenters. The fourth-order valence-corrected chi connectivity index (χ4v) is 1.13. The molecule has 0 N–H and O–H groups in total. The zero-order chi connectivity index (χ0) is 9.52. The fraction of sp³-hybridized carbons (Fsp3) is 0.250. The molecule has 0 aliphatic carbocycles. The van der Waals surface area contributed by atoms with Crippen LogP contribution in [0.5, 0.6) is 0 Å². The number of hydrogen-bond acceptors (Lipinski definition) is 1. The van der Waals surface area contributed by atoms with Crippen molar-refractivity contribution in [2.24, 2.45) is 4.99 Å². The van der Waals surface area contributed by atoms with E-state index in [4.69, 9.17) is 0 Å². The monoisotopic (exact) mass is 173 g/mol. The van der Waals surface area contributed by atoms with Crippen LogP contribution in [0.15, 0.2) is 35.3 Å². The van der Waals surface area contributed by atoms with E-state index in [-0.39, 0.29) is 0 Å². The van der Waals surface area contributed by atoms with Gasteiger partial charge in [-0.2, -0.15) is 0 Å². The Bertz CT molecular complexity index is 311. The Morgan fingerprint density at radius 2 is 2.08 bits per heavy atom. The van der Waals surface area contributed by atoms with Gasteiger partial charge in [0.2, 0.25) is 0 Å². The highest BCUT2D eigenvalue weighted by molar-refractivity contribution is 5.69. The Kier molecular flexibility index (Phi) is 3.97. The molecule has 68 valence electrons. The van der Waals surface area contributed by atoms with Gasteiger partial charge in [-0.15, -0.1) is 0 Å². The predicted octanol–water partition coefficient (Wildman–Crippen LogP) is 3.83. The minimum Gasteiger partial charge on any atom is -0.261 e. The highest BCUT2D eigenvalue weighted by atomic mass is 14.7. The van der Waals surface area contributed by atoms with Crippen molar-refractivity contribution in [2.45, 2.75) is 20.3 Å². The molecule has 0 heterocycles. The zero-order valence-electron chi connectivity index (χ0n) is 8.20. The van der Waals surface area contributed by atoms with E-state index in [1.54, 1.807) is 0 Å². The standard InChI is InChI=1S/C12H15N/c1-3-5-8-11-9-6-7-10-12(11)13-4-2/h4-10H,3H2,1-2H3/b8-5-,13-4?. The lowest BCUT2D eigenvalue weighted by molar-refractivity contribution is 1.23. The van der Waals surface area contributed by atoms with Gasteiger partial charge >= 0.3 is 0 Å². The Labute approximate surface area is 79.8 Å². The first-order valence-electron chi connectivity index (χ1n) is 4.62. The summed E-state index contributed by atoms with van der Waals surface area (Å²) >= 11 is 0. The molecule has 1 heteroatoms. The third kappa shape index (κ3) is 2.86. The van der Waals surface area contributed by atoms with Crippen LogP contribution in [0.3, 0.4) is 0 Å². The first kappa shape index (κ1) is 9.72. The molecule has 0 aromatic heterocycles. The number of rotatable bonds is 3. The quantitative estimate of drug-likeness (QED) is 0.616. The molecule has 0 aliphatic heterocycles. The Balaban J connectivity index is 2.97. The highest BCUT2D eigenvalue weighted by Crippen LogP contribution is 2.19. The zero-order valence-corrected chi connectivity index (χ0v) is 8.20. The molecule has 13 heavy (non-hydrogen) atoms. The molecule has 0 aliphatic rings. The molecule has 0 radical (unpaired) electrons. The van der Waals surface area contributed by atoms with Crippen LogP contribution < -0.4 is 0 Å². The van der Waals surface area contributed by atoms with Crippen LogP contribution >= 0.6 is 0 Å². The number of allylic oxidation sites excluding steroid dienone is 1. The van der Waals surface area contributed by atoms with Crippen molar-refractivity contribution in [1.82, 2.24) is 0 Å². The maximum absolute atomic E-state index is 4.28. The fourth-order valence-electron chi connectivity index (χ4n) is 1.13. The summed E-state index contributed by atoms with van der Waals surface area (Å²) in [5.74, 6) is 0. The molecule has 0 spiro atoms. The second-order valence-corrected chi connectivity index (χ2v) is 2.76. The van der Waals surface area contributed by atoms with E-state index in [9.17, 15) is 0 Å². The van der Waals surface area contributed by atoms with Crippen molar-refractivity contribution < 1.29 is 0 Å². The summed E-state index contributed by atoms with van der Waals surface area (Å²) in [4.78, 5) is 4.28. The van der Waals surface area contributed by atoms with Crippen molar-refractivity contribution in [1.29, 1.82) is 0 Å². The van der Waals surface area contributed by atoms with Crippen LogP contribution in [0.25, 0.3) is 6.08 Å². The maximum atomic E-state index is 4.28. The smallest absolute Gasteiger partial charge is 0.0697 e. The molecular formula is C12H15N. The van der Waals surface area contributed by atoms with E-state index in [0.29, 0.717) is 0 Å². The van der Waals surface area contributed by atoms with E-state index >= 15 is 0 Å². The molecule has 0 unspecified atom stereocenters. The van der Waals surface area contributed by atoms with Crippen molar-refractivity contribution >= 4 is 18.0 Å². The third-order valence-electron chi connectivity index (χ3n) is 1.74. The number of nitrogens with zero attached hydrogens (tertiary/aromatic N) is 1. The van der Waals surface area contributed by atoms with E-state index in [2.05, 4.69) is 30.1 Å². The van der Waals surface area contributed by atoms with Crippen molar-refractivity contribution in [3.63, 3.8) is 0 Å². The molecule has 1 aromatic carbocycles. The van der Waals surface area contributed by atoms with Crippen LogP contribution in [0.1, 0.15) is 25.8 Å². The summed E-state index contributed by atoms with van der Waals surface area (Å²) < 4.78 is 0. The van der Waals surface area contributed by atoms with Crippen LogP contribution in [0.2, 0.25) is 0 Å². The van der Waals surface area contributed by atoms with E-state index < -0.39 is 0 Å². The van der Waals surface area contributed by atoms with Crippen LogP contribution in [0, 0.1) is 0 Å². The van der Waals surface area contributed by atoms with Gasteiger partial charge in [-0.1, -0.05) is 37.3 Å². The molecule has 0 saturated heterocycles. The van der Waals surface area contributed by atoms with Gasteiger partial charge in [-0.25, -0.2) is 0 Å². The SMILES string of the molecule is CC=Nc1ccccc1/C=C\CC. The number of hydrogen-bond donors (Lipinski definition) is 0. The van der Waals surface area contributed by atoms with Gasteiger partial charge < -0.3 is 0 Å². The minimum absolute atomic E-state index is 1.04. The first-order chi connectivity index (χ1) is 6.38. The topological polar surface area (TPSA) is 12.4 Å². The third-order valence-corrected chi connectivity index (χ3v) is 1.74. The lowest BCUT2D eigenvalue weighted by Crippen LogP contribution is -1.73. The largest absolute Gasteiger partial charge is 0.261 e. The Hall–Kier alpha value is -1.37. The van der Waals surface area contributed by atoms with Crippen molar-refractivity contribution in [3.05, 3.63) is 35.9 Å². The number of para-hydroxylation sites is 1. The number of benzene rings is 1. The predicted molar refractivity (Wildman–Crippen MR) is 59.6 cm³/mol. The molecule has 0 saturated carbocycles. The lowest BCUT2D eigenvalue weighted by Gasteiger charge is -1.98. The maximum Gasteiger partial charge on any atom is 0.0697 e. The molecular weight excluding hydrogens is 158 g/mol. The Morgan fingerprint density at radius 3 is 2.77 bits per heavy atom.